The van der Waals surface area contributed by atoms with Crippen molar-refractivity contribution in [2.45, 2.75) is 38.0 Å². The lowest BCUT2D eigenvalue weighted by atomic mass is 10.0. The fourth-order valence-corrected chi connectivity index (χ4v) is 3.58. The summed E-state index contributed by atoms with van der Waals surface area (Å²) in [4.78, 5) is -0.0133. The number of aliphatic hydroxyl groups is 1. The molecule has 1 aromatic carbocycles. The van der Waals surface area contributed by atoms with Crippen molar-refractivity contribution in [1.82, 2.24) is 4.72 Å². The molecule has 5 nitrogen and oxygen atoms in total. The number of anilines is 1. The van der Waals surface area contributed by atoms with Crippen molar-refractivity contribution in [1.29, 1.82) is 0 Å². The first-order chi connectivity index (χ1) is 9.81. The van der Waals surface area contributed by atoms with Gasteiger partial charge in [0, 0.05) is 13.2 Å². The molecule has 7 heteroatoms. The largest absolute Gasteiger partial charge is 0.396 e. The Morgan fingerprint density at radius 1 is 1.38 bits per heavy atom. The molecule has 1 atom stereocenters. The fourth-order valence-electron chi connectivity index (χ4n) is 2.20. The van der Waals surface area contributed by atoms with Crippen LogP contribution in [0, 0.1) is 18.7 Å². The second-order valence-corrected chi connectivity index (χ2v) is 6.89. The van der Waals surface area contributed by atoms with Gasteiger partial charge in [-0.05, 0) is 43.4 Å². The summed E-state index contributed by atoms with van der Waals surface area (Å²) < 4.78 is 40.4. The van der Waals surface area contributed by atoms with Gasteiger partial charge >= 0.3 is 0 Å². The maximum absolute atomic E-state index is 13.3. The molecule has 120 valence electrons. The summed E-state index contributed by atoms with van der Waals surface area (Å²) in [5, 5.41) is 8.99. The van der Waals surface area contributed by atoms with Crippen LogP contribution in [0.15, 0.2) is 17.0 Å². The van der Waals surface area contributed by atoms with Crippen LogP contribution in [-0.2, 0) is 10.0 Å². The summed E-state index contributed by atoms with van der Waals surface area (Å²) in [6.45, 7) is 3.79. The van der Waals surface area contributed by atoms with E-state index in [1.54, 1.807) is 0 Å². The zero-order valence-corrected chi connectivity index (χ0v) is 13.2. The van der Waals surface area contributed by atoms with E-state index in [4.69, 9.17) is 10.8 Å². The van der Waals surface area contributed by atoms with Crippen LogP contribution in [-0.4, -0.2) is 26.7 Å². The highest BCUT2D eigenvalue weighted by atomic mass is 32.2. The maximum Gasteiger partial charge on any atom is 0.240 e. The van der Waals surface area contributed by atoms with E-state index in [0.29, 0.717) is 12.0 Å². The lowest BCUT2D eigenvalue weighted by molar-refractivity contribution is 0.251. The average molecular weight is 318 g/mol. The summed E-state index contributed by atoms with van der Waals surface area (Å²) in [5.74, 6) is -0.552. The molecule has 0 aliphatic heterocycles. The van der Waals surface area contributed by atoms with Crippen LogP contribution in [0.25, 0.3) is 0 Å². The average Bonchev–Trinajstić information content (AvgIpc) is 2.40. The van der Waals surface area contributed by atoms with Crippen molar-refractivity contribution in [2.75, 3.05) is 18.9 Å². The number of halogens is 1. The van der Waals surface area contributed by atoms with E-state index in [-0.39, 0.29) is 29.7 Å². The standard InChI is InChI=1S/C14H23FN2O3S/c1-3-4-11(5-6-18)9-17-21(19,20)14-8-13(16)12(15)7-10(14)2/h7-8,11,17-18H,3-6,9,16H2,1-2H3. The number of nitrogens with two attached hydrogens (primary N) is 1. The Kier molecular flexibility index (Phi) is 6.57. The number of aliphatic hydroxyl groups excluding tert-OH is 1. The Labute approximate surface area is 125 Å². The molecule has 0 aliphatic rings. The number of benzene rings is 1. The molecule has 1 aromatic rings. The Morgan fingerprint density at radius 2 is 2.05 bits per heavy atom. The minimum Gasteiger partial charge on any atom is -0.396 e. The monoisotopic (exact) mass is 318 g/mol. The molecule has 0 aromatic heterocycles. The normalized spacial score (nSPS) is 13.3. The third kappa shape index (κ3) is 4.94. The molecule has 0 radical (unpaired) electrons. The summed E-state index contributed by atoms with van der Waals surface area (Å²) in [6.07, 6.45) is 2.28. The highest BCUT2D eigenvalue weighted by Crippen LogP contribution is 2.22. The van der Waals surface area contributed by atoms with Gasteiger partial charge in [0.2, 0.25) is 10.0 Å². The first-order valence-corrected chi connectivity index (χ1v) is 8.46. The molecule has 1 unspecified atom stereocenters. The van der Waals surface area contributed by atoms with Crippen molar-refractivity contribution in [3.8, 4) is 0 Å². The van der Waals surface area contributed by atoms with Gasteiger partial charge in [0.15, 0.2) is 0 Å². The summed E-state index contributed by atoms with van der Waals surface area (Å²) >= 11 is 0. The summed E-state index contributed by atoms with van der Waals surface area (Å²) in [6, 6.07) is 2.25. The van der Waals surface area contributed by atoms with E-state index in [1.807, 2.05) is 6.92 Å². The van der Waals surface area contributed by atoms with Crippen LogP contribution in [0.3, 0.4) is 0 Å². The molecular weight excluding hydrogens is 295 g/mol. The van der Waals surface area contributed by atoms with Crippen molar-refractivity contribution in [3.63, 3.8) is 0 Å². The van der Waals surface area contributed by atoms with Gasteiger partial charge in [0.25, 0.3) is 0 Å². The van der Waals surface area contributed by atoms with E-state index in [1.165, 1.54) is 6.92 Å². The molecule has 0 heterocycles. The van der Waals surface area contributed by atoms with Gasteiger partial charge in [-0.1, -0.05) is 13.3 Å². The minimum absolute atomic E-state index is 0.0133. The topological polar surface area (TPSA) is 92.4 Å². The lowest BCUT2D eigenvalue weighted by Crippen LogP contribution is -2.30. The van der Waals surface area contributed by atoms with Gasteiger partial charge in [0.05, 0.1) is 10.6 Å². The predicted molar refractivity (Wildman–Crippen MR) is 80.8 cm³/mol. The highest BCUT2D eigenvalue weighted by molar-refractivity contribution is 7.89. The summed E-state index contributed by atoms with van der Waals surface area (Å²) in [7, 11) is -3.74. The van der Waals surface area contributed by atoms with Crippen molar-refractivity contribution in [3.05, 3.63) is 23.5 Å². The fraction of sp³-hybridized carbons (Fsp3) is 0.571. The van der Waals surface area contributed by atoms with Gasteiger partial charge < -0.3 is 10.8 Å². The molecular formula is C14H23FN2O3S. The zero-order chi connectivity index (χ0) is 16.0. The van der Waals surface area contributed by atoms with Crippen LogP contribution in [0.2, 0.25) is 0 Å². The Hall–Kier alpha value is -1.18. The minimum atomic E-state index is -3.74. The van der Waals surface area contributed by atoms with Crippen molar-refractivity contribution < 1.29 is 17.9 Å². The highest BCUT2D eigenvalue weighted by Gasteiger charge is 2.20. The Balaban J connectivity index is 2.89. The molecule has 21 heavy (non-hydrogen) atoms. The molecule has 1 rings (SSSR count). The van der Waals surface area contributed by atoms with Crippen molar-refractivity contribution in [2.24, 2.45) is 5.92 Å². The molecule has 0 aliphatic carbocycles. The van der Waals surface area contributed by atoms with E-state index in [0.717, 1.165) is 25.0 Å². The van der Waals surface area contributed by atoms with Gasteiger partial charge in [-0.25, -0.2) is 17.5 Å². The number of hydrogen-bond donors (Lipinski definition) is 3. The van der Waals surface area contributed by atoms with E-state index < -0.39 is 15.8 Å². The number of hydrogen-bond acceptors (Lipinski definition) is 4. The lowest BCUT2D eigenvalue weighted by Gasteiger charge is -2.17. The van der Waals surface area contributed by atoms with Gasteiger partial charge in [0.1, 0.15) is 5.82 Å². The SMILES string of the molecule is CCCC(CCO)CNS(=O)(=O)c1cc(N)c(F)cc1C. The quantitative estimate of drug-likeness (QED) is 0.637. The van der Waals surface area contributed by atoms with E-state index in [9.17, 15) is 12.8 Å². The number of sulfonamides is 1. The van der Waals surface area contributed by atoms with Crippen LogP contribution < -0.4 is 10.5 Å². The third-order valence-corrected chi connectivity index (χ3v) is 4.95. The van der Waals surface area contributed by atoms with Crippen molar-refractivity contribution >= 4 is 15.7 Å². The van der Waals surface area contributed by atoms with Gasteiger partial charge in [-0.2, -0.15) is 0 Å². The first kappa shape index (κ1) is 17.9. The van der Waals surface area contributed by atoms with E-state index >= 15 is 0 Å². The predicted octanol–water partition coefficient (Wildman–Crippen LogP) is 1.79. The molecule has 4 N–H and O–H groups in total. The van der Waals surface area contributed by atoms with Crippen LogP contribution >= 0.6 is 0 Å². The molecule has 0 amide bonds. The smallest absolute Gasteiger partial charge is 0.240 e. The third-order valence-electron chi connectivity index (χ3n) is 3.38. The maximum atomic E-state index is 13.3. The molecule has 0 spiro atoms. The Morgan fingerprint density at radius 3 is 2.62 bits per heavy atom. The van der Waals surface area contributed by atoms with Gasteiger partial charge in [-0.3, -0.25) is 0 Å². The van der Waals surface area contributed by atoms with Crippen LogP contribution in [0.4, 0.5) is 10.1 Å². The van der Waals surface area contributed by atoms with Crippen LogP contribution in [0.1, 0.15) is 31.7 Å². The van der Waals surface area contributed by atoms with Gasteiger partial charge in [-0.15, -0.1) is 0 Å². The molecule has 0 bridgehead atoms. The zero-order valence-electron chi connectivity index (χ0n) is 12.4. The second-order valence-electron chi connectivity index (χ2n) is 5.16. The number of aryl methyl sites for hydroxylation is 1. The second kappa shape index (κ2) is 7.72. The Bertz CT molecular complexity index is 570. The van der Waals surface area contributed by atoms with Crippen LogP contribution in [0.5, 0.6) is 0 Å². The summed E-state index contributed by atoms with van der Waals surface area (Å²) in [5.41, 5.74) is 5.55. The van der Waals surface area contributed by atoms with E-state index in [2.05, 4.69) is 4.72 Å². The number of nitrogens with one attached hydrogen (secondary N) is 1. The molecule has 0 saturated heterocycles. The first-order valence-electron chi connectivity index (χ1n) is 6.98. The molecule has 0 saturated carbocycles. The molecule has 0 fully saturated rings. The number of rotatable bonds is 8. The number of nitrogen functional groups attached to an aromatic ring is 1.